The smallest absolute Gasteiger partial charge is 0.331 e. The fourth-order valence-electron chi connectivity index (χ4n) is 1.71. The van der Waals surface area contributed by atoms with Crippen LogP contribution in [0.15, 0.2) is 40.6 Å². The summed E-state index contributed by atoms with van der Waals surface area (Å²) in [6.45, 7) is 1.40. The van der Waals surface area contributed by atoms with Gasteiger partial charge in [-0.3, -0.25) is 4.79 Å². The van der Waals surface area contributed by atoms with Crippen LogP contribution < -0.4 is 5.32 Å². The van der Waals surface area contributed by atoms with E-state index in [9.17, 15) is 18.4 Å². The summed E-state index contributed by atoms with van der Waals surface area (Å²) in [5.41, 5.74) is 1.07. The molecule has 0 aliphatic carbocycles. The number of hydrogen-bond acceptors (Lipinski definition) is 6. The van der Waals surface area contributed by atoms with Gasteiger partial charge in [0.25, 0.3) is 11.7 Å². The summed E-state index contributed by atoms with van der Waals surface area (Å²) < 4.78 is 29.2. The molecular formula is C16H14F2N2O3S2. The molecule has 0 fully saturated rings. The highest BCUT2D eigenvalue weighted by molar-refractivity contribution is 7.99. The fourth-order valence-corrected chi connectivity index (χ4v) is 2.79. The molecule has 1 aromatic heterocycles. The van der Waals surface area contributed by atoms with Gasteiger partial charge in [-0.05, 0) is 37.3 Å². The molecule has 1 heterocycles. The standard InChI is InChI=1S/C16H14F2N2O3S2/c1-10-19-12(9-24-10)4-7-15(22)23-8-14(21)20-11-2-5-13(6-3-11)25-16(17)18/h2-7,9,16H,8H2,1H3,(H,20,21)/b7-4-. The number of anilines is 1. The lowest BCUT2D eigenvalue weighted by Crippen LogP contribution is -2.20. The third-order valence-corrected chi connectivity index (χ3v) is 4.25. The predicted octanol–water partition coefficient (Wildman–Crippen LogP) is 3.96. The van der Waals surface area contributed by atoms with Gasteiger partial charge in [0.15, 0.2) is 6.61 Å². The number of thioether (sulfide) groups is 1. The zero-order valence-electron chi connectivity index (χ0n) is 13.1. The second kappa shape index (κ2) is 9.28. The maximum atomic E-state index is 12.2. The number of thiazole rings is 1. The lowest BCUT2D eigenvalue weighted by Gasteiger charge is -2.06. The Labute approximate surface area is 151 Å². The molecule has 0 atom stereocenters. The molecule has 0 unspecified atom stereocenters. The van der Waals surface area contributed by atoms with Crippen molar-refractivity contribution in [2.45, 2.75) is 17.6 Å². The van der Waals surface area contributed by atoms with Crippen molar-refractivity contribution in [3.05, 3.63) is 46.4 Å². The third-order valence-electron chi connectivity index (χ3n) is 2.74. The molecule has 1 N–H and O–H groups in total. The number of ether oxygens (including phenoxy) is 1. The molecule has 2 aromatic rings. The number of carbonyl (C=O) groups is 2. The van der Waals surface area contributed by atoms with Crippen LogP contribution in [0.1, 0.15) is 10.7 Å². The number of hydrogen-bond donors (Lipinski definition) is 1. The summed E-state index contributed by atoms with van der Waals surface area (Å²) in [7, 11) is 0. The van der Waals surface area contributed by atoms with Gasteiger partial charge in [-0.1, -0.05) is 11.8 Å². The van der Waals surface area contributed by atoms with Gasteiger partial charge in [-0.25, -0.2) is 9.78 Å². The van der Waals surface area contributed by atoms with Crippen molar-refractivity contribution in [3.63, 3.8) is 0 Å². The zero-order valence-corrected chi connectivity index (χ0v) is 14.7. The number of aromatic nitrogens is 1. The topological polar surface area (TPSA) is 68.3 Å². The SMILES string of the molecule is Cc1nc(/C=C\C(=O)OCC(=O)Nc2ccc(SC(F)F)cc2)cs1. The summed E-state index contributed by atoms with van der Waals surface area (Å²) in [6, 6.07) is 5.93. The molecule has 0 bridgehead atoms. The van der Waals surface area contributed by atoms with E-state index in [0.717, 1.165) is 5.01 Å². The molecule has 1 aromatic carbocycles. The van der Waals surface area contributed by atoms with E-state index in [2.05, 4.69) is 10.3 Å². The Kier molecular flexibility index (Phi) is 7.08. The van der Waals surface area contributed by atoms with Gasteiger partial charge in [0.05, 0.1) is 10.7 Å². The van der Waals surface area contributed by atoms with E-state index in [-0.39, 0.29) is 0 Å². The average Bonchev–Trinajstić information content (AvgIpc) is 2.98. The van der Waals surface area contributed by atoms with Crippen LogP contribution in [0.5, 0.6) is 0 Å². The van der Waals surface area contributed by atoms with E-state index in [1.165, 1.54) is 47.8 Å². The molecule has 0 saturated heterocycles. The van der Waals surface area contributed by atoms with Gasteiger partial charge < -0.3 is 10.1 Å². The maximum Gasteiger partial charge on any atom is 0.331 e. The molecular weight excluding hydrogens is 370 g/mol. The molecule has 0 radical (unpaired) electrons. The highest BCUT2D eigenvalue weighted by Gasteiger charge is 2.08. The Morgan fingerprint density at radius 3 is 2.68 bits per heavy atom. The van der Waals surface area contributed by atoms with Gasteiger partial charge in [0.1, 0.15) is 0 Å². The number of nitrogens with one attached hydrogen (secondary N) is 1. The number of esters is 1. The van der Waals surface area contributed by atoms with Crippen LogP contribution in [0.25, 0.3) is 6.08 Å². The van der Waals surface area contributed by atoms with E-state index in [1.807, 2.05) is 6.92 Å². The first kappa shape index (κ1) is 19.1. The number of nitrogens with zero attached hydrogens (tertiary/aromatic N) is 1. The van der Waals surface area contributed by atoms with Gasteiger partial charge in [-0.2, -0.15) is 8.78 Å². The Morgan fingerprint density at radius 1 is 1.36 bits per heavy atom. The number of carbonyl (C=O) groups excluding carboxylic acids is 2. The molecule has 9 heteroatoms. The molecule has 25 heavy (non-hydrogen) atoms. The van der Waals surface area contributed by atoms with Gasteiger partial charge in [0, 0.05) is 22.0 Å². The zero-order chi connectivity index (χ0) is 18.2. The van der Waals surface area contributed by atoms with Crippen LogP contribution >= 0.6 is 23.1 Å². The number of alkyl halides is 2. The summed E-state index contributed by atoms with van der Waals surface area (Å²) in [6.07, 6.45) is 2.70. The van der Waals surface area contributed by atoms with Crippen molar-refractivity contribution in [3.8, 4) is 0 Å². The van der Waals surface area contributed by atoms with Crippen molar-refractivity contribution < 1.29 is 23.1 Å². The van der Waals surface area contributed by atoms with Crippen LogP contribution in [0, 0.1) is 6.92 Å². The molecule has 0 aliphatic rings. The largest absolute Gasteiger partial charge is 0.452 e. The van der Waals surface area contributed by atoms with Gasteiger partial charge in [0.2, 0.25) is 0 Å². The lowest BCUT2D eigenvalue weighted by molar-refractivity contribution is -0.142. The molecule has 0 saturated carbocycles. The number of amides is 1. The minimum Gasteiger partial charge on any atom is -0.452 e. The molecule has 1 amide bonds. The van der Waals surface area contributed by atoms with Crippen molar-refractivity contribution in [2.75, 3.05) is 11.9 Å². The van der Waals surface area contributed by atoms with E-state index in [4.69, 9.17) is 4.74 Å². The molecule has 132 valence electrons. The molecule has 2 rings (SSSR count). The Morgan fingerprint density at radius 2 is 2.08 bits per heavy atom. The molecule has 0 spiro atoms. The summed E-state index contributed by atoms with van der Waals surface area (Å²) in [5, 5.41) is 5.18. The predicted molar refractivity (Wildman–Crippen MR) is 93.8 cm³/mol. The highest BCUT2D eigenvalue weighted by atomic mass is 32.2. The number of aryl methyl sites for hydroxylation is 1. The quantitative estimate of drug-likeness (QED) is 0.445. The Balaban J connectivity index is 1.76. The maximum absolute atomic E-state index is 12.2. The highest BCUT2D eigenvalue weighted by Crippen LogP contribution is 2.26. The van der Waals surface area contributed by atoms with E-state index < -0.39 is 24.2 Å². The number of halogens is 2. The summed E-state index contributed by atoms with van der Waals surface area (Å²) >= 11 is 1.88. The minimum atomic E-state index is -2.50. The summed E-state index contributed by atoms with van der Waals surface area (Å²) in [4.78, 5) is 27.8. The van der Waals surface area contributed by atoms with Crippen LogP contribution in [0.4, 0.5) is 14.5 Å². The van der Waals surface area contributed by atoms with Crippen molar-refractivity contribution in [2.24, 2.45) is 0 Å². The van der Waals surface area contributed by atoms with Crippen molar-refractivity contribution in [1.82, 2.24) is 4.98 Å². The second-order valence-electron chi connectivity index (χ2n) is 4.68. The van der Waals surface area contributed by atoms with Crippen LogP contribution in [-0.2, 0) is 14.3 Å². The van der Waals surface area contributed by atoms with Crippen LogP contribution in [-0.4, -0.2) is 29.2 Å². The van der Waals surface area contributed by atoms with Crippen LogP contribution in [0.2, 0.25) is 0 Å². The van der Waals surface area contributed by atoms with E-state index in [1.54, 1.807) is 5.38 Å². The van der Waals surface area contributed by atoms with E-state index in [0.29, 0.717) is 28.0 Å². The van der Waals surface area contributed by atoms with Crippen molar-refractivity contribution >= 4 is 46.7 Å². The normalized spacial score (nSPS) is 11.0. The average molecular weight is 384 g/mol. The monoisotopic (exact) mass is 384 g/mol. The molecule has 0 aliphatic heterocycles. The molecule has 5 nitrogen and oxygen atoms in total. The number of benzene rings is 1. The minimum absolute atomic E-state index is 0.391. The van der Waals surface area contributed by atoms with Crippen LogP contribution in [0.3, 0.4) is 0 Å². The second-order valence-corrected chi connectivity index (χ2v) is 6.81. The Hall–Kier alpha value is -2.26. The first-order valence-electron chi connectivity index (χ1n) is 7.04. The Bertz CT molecular complexity index is 761. The number of rotatable bonds is 7. The fraction of sp³-hybridized carbons (Fsp3) is 0.188. The van der Waals surface area contributed by atoms with Crippen molar-refractivity contribution in [1.29, 1.82) is 0 Å². The first-order chi connectivity index (χ1) is 11.9. The van der Waals surface area contributed by atoms with Gasteiger partial charge in [-0.15, -0.1) is 11.3 Å². The lowest BCUT2D eigenvalue weighted by atomic mass is 10.3. The van der Waals surface area contributed by atoms with E-state index >= 15 is 0 Å². The first-order valence-corrected chi connectivity index (χ1v) is 8.80. The third kappa shape index (κ3) is 7.02. The van der Waals surface area contributed by atoms with Gasteiger partial charge >= 0.3 is 5.97 Å². The summed E-state index contributed by atoms with van der Waals surface area (Å²) in [5.74, 6) is -3.69.